The summed E-state index contributed by atoms with van der Waals surface area (Å²) in [5, 5.41) is 5.03. The lowest BCUT2D eigenvalue weighted by Gasteiger charge is -2.28. The highest BCUT2D eigenvalue weighted by Gasteiger charge is 2.45. The summed E-state index contributed by atoms with van der Waals surface area (Å²) >= 11 is 1.58. The number of nitrogens with zero attached hydrogens (tertiary/aromatic N) is 3. The Kier molecular flexibility index (Phi) is 6.60. The van der Waals surface area contributed by atoms with Crippen molar-refractivity contribution in [3.8, 4) is 0 Å². The summed E-state index contributed by atoms with van der Waals surface area (Å²) in [6.07, 6.45) is 2.00. The SMILES string of the molecule is Cc1ccc(N2C(=O)C[C@@H](C(=O)NCc3ccc(N4CCOCC4)nc3)[C@H]2c2cccs2)cc1. The number of pyridine rings is 1. The lowest BCUT2D eigenvalue weighted by molar-refractivity contribution is -0.126. The fourth-order valence-corrected chi connectivity index (χ4v) is 5.47. The number of aryl methyl sites for hydroxylation is 1. The van der Waals surface area contributed by atoms with Gasteiger partial charge in [-0.2, -0.15) is 0 Å². The first-order valence-corrected chi connectivity index (χ1v) is 12.5. The van der Waals surface area contributed by atoms with E-state index in [0.29, 0.717) is 19.8 Å². The van der Waals surface area contributed by atoms with Crippen LogP contribution in [0.1, 0.15) is 28.5 Å². The molecule has 7 nitrogen and oxygen atoms in total. The largest absolute Gasteiger partial charge is 0.378 e. The molecule has 3 aromatic rings. The highest BCUT2D eigenvalue weighted by Crippen LogP contribution is 2.43. The lowest BCUT2D eigenvalue weighted by Crippen LogP contribution is -2.36. The van der Waals surface area contributed by atoms with Gasteiger partial charge in [0.25, 0.3) is 0 Å². The average Bonchev–Trinajstić information content (AvgIpc) is 3.52. The average molecular weight is 477 g/mol. The maximum absolute atomic E-state index is 13.3. The minimum absolute atomic E-state index is 0.0288. The van der Waals surface area contributed by atoms with Crippen LogP contribution >= 0.6 is 11.3 Å². The minimum Gasteiger partial charge on any atom is -0.378 e. The third kappa shape index (κ3) is 4.69. The van der Waals surface area contributed by atoms with Gasteiger partial charge < -0.3 is 19.9 Å². The van der Waals surface area contributed by atoms with Crippen LogP contribution in [0.5, 0.6) is 0 Å². The van der Waals surface area contributed by atoms with E-state index in [1.807, 2.05) is 60.8 Å². The van der Waals surface area contributed by atoms with Gasteiger partial charge in [-0.3, -0.25) is 9.59 Å². The van der Waals surface area contributed by atoms with Crippen LogP contribution in [0.4, 0.5) is 11.5 Å². The number of hydrogen-bond acceptors (Lipinski definition) is 6. The molecule has 8 heteroatoms. The number of benzene rings is 1. The Balaban J connectivity index is 1.29. The molecule has 2 aliphatic rings. The van der Waals surface area contributed by atoms with Gasteiger partial charge in [0.15, 0.2) is 0 Å². The number of hydrogen-bond donors (Lipinski definition) is 1. The summed E-state index contributed by atoms with van der Waals surface area (Å²) in [7, 11) is 0. The minimum atomic E-state index is -0.451. The van der Waals surface area contributed by atoms with Crippen LogP contribution < -0.4 is 15.1 Å². The zero-order valence-electron chi connectivity index (χ0n) is 19.1. The molecule has 0 unspecified atom stereocenters. The number of rotatable bonds is 6. The second kappa shape index (κ2) is 9.95. The zero-order valence-corrected chi connectivity index (χ0v) is 20.0. The molecule has 2 aromatic heterocycles. The summed E-state index contributed by atoms with van der Waals surface area (Å²) in [5.41, 5.74) is 2.88. The van der Waals surface area contributed by atoms with Gasteiger partial charge in [-0.25, -0.2) is 4.98 Å². The summed E-state index contributed by atoms with van der Waals surface area (Å²) in [4.78, 5) is 35.9. The van der Waals surface area contributed by atoms with Crippen LogP contribution in [0.2, 0.25) is 0 Å². The predicted octanol–water partition coefficient (Wildman–Crippen LogP) is 3.70. The van der Waals surface area contributed by atoms with Crippen molar-refractivity contribution in [2.45, 2.75) is 25.9 Å². The van der Waals surface area contributed by atoms with Crippen molar-refractivity contribution >= 4 is 34.7 Å². The summed E-state index contributed by atoms with van der Waals surface area (Å²) in [5.74, 6) is 0.330. The van der Waals surface area contributed by atoms with E-state index in [4.69, 9.17) is 4.74 Å². The van der Waals surface area contributed by atoms with Crippen LogP contribution in [0.15, 0.2) is 60.1 Å². The van der Waals surface area contributed by atoms with Gasteiger partial charge in [-0.15, -0.1) is 11.3 Å². The highest BCUT2D eigenvalue weighted by atomic mass is 32.1. The molecule has 0 saturated carbocycles. The van der Waals surface area contributed by atoms with Crippen molar-refractivity contribution in [1.29, 1.82) is 0 Å². The monoisotopic (exact) mass is 476 g/mol. The van der Waals surface area contributed by atoms with Gasteiger partial charge in [0.05, 0.1) is 25.2 Å². The molecule has 2 saturated heterocycles. The lowest BCUT2D eigenvalue weighted by atomic mass is 9.97. The van der Waals surface area contributed by atoms with E-state index < -0.39 is 5.92 Å². The maximum atomic E-state index is 13.3. The Labute approximate surface area is 203 Å². The van der Waals surface area contributed by atoms with Crippen molar-refractivity contribution < 1.29 is 14.3 Å². The first-order chi connectivity index (χ1) is 16.6. The van der Waals surface area contributed by atoms with Crippen molar-refractivity contribution in [2.24, 2.45) is 5.92 Å². The fourth-order valence-electron chi connectivity index (χ4n) is 4.59. The number of ether oxygens (including phenoxy) is 1. The van der Waals surface area contributed by atoms with Gasteiger partial charge >= 0.3 is 0 Å². The van der Waals surface area contributed by atoms with Crippen LogP contribution in [0.3, 0.4) is 0 Å². The second-order valence-electron chi connectivity index (χ2n) is 8.71. The Morgan fingerprint density at radius 3 is 2.62 bits per heavy atom. The topological polar surface area (TPSA) is 74.8 Å². The maximum Gasteiger partial charge on any atom is 0.228 e. The van der Waals surface area contributed by atoms with Crippen LogP contribution in [0, 0.1) is 12.8 Å². The molecule has 5 rings (SSSR count). The number of carbonyl (C=O) groups is 2. The Morgan fingerprint density at radius 2 is 1.94 bits per heavy atom. The smallest absolute Gasteiger partial charge is 0.228 e. The summed E-state index contributed by atoms with van der Waals surface area (Å²) in [6, 6.07) is 15.5. The van der Waals surface area contributed by atoms with Crippen LogP contribution in [-0.2, 0) is 20.9 Å². The molecule has 1 aromatic carbocycles. The predicted molar refractivity (Wildman–Crippen MR) is 133 cm³/mol. The van der Waals surface area contributed by atoms with Gasteiger partial charge in [-0.1, -0.05) is 29.8 Å². The second-order valence-corrected chi connectivity index (χ2v) is 9.69. The highest BCUT2D eigenvalue weighted by molar-refractivity contribution is 7.10. The Morgan fingerprint density at radius 1 is 1.15 bits per heavy atom. The number of amides is 2. The van der Waals surface area contributed by atoms with Gasteiger partial charge in [0, 0.05) is 42.8 Å². The molecule has 1 N–H and O–H groups in total. The molecule has 34 heavy (non-hydrogen) atoms. The number of morpholine rings is 1. The first kappa shape index (κ1) is 22.6. The van der Waals surface area contributed by atoms with Crippen molar-refractivity contribution in [3.05, 3.63) is 76.1 Å². The molecule has 4 heterocycles. The van der Waals surface area contributed by atoms with Gasteiger partial charge in [-0.05, 0) is 42.1 Å². The van der Waals surface area contributed by atoms with Gasteiger partial charge in [0.1, 0.15) is 5.82 Å². The third-order valence-corrected chi connectivity index (χ3v) is 7.36. The van der Waals surface area contributed by atoms with Crippen LogP contribution in [-0.4, -0.2) is 43.1 Å². The molecule has 0 spiro atoms. The molecular weight excluding hydrogens is 448 g/mol. The number of anilines is 2. The normalized spacial score (nSPS) is 20.6. The molecular formula is C26H28N4O3S. The van der Waals surface area contributed by atoms with Crippen molar-refractivity contribution in [3.63, 3.8) is 0 Å². The molecule has 2 aliphatic heterocycles. The molecule has 0 aliphatic carbocycles. The van der Waals surface area contributed by atoms with E-state index in [0.717, 1.165) is 40.6 Å². The molecule has 2 amide bonds. The third-order valence-electron chi connectivity index (χ3n) is 6.42. The summed E-state index contributed by atoms with van der Waals surface area (Å²) < 4.78 is 5.40. The van der Waals surface area contributed by atoms with E-state index in [2.05, 4.69) is 15.2 Å². The molecule has 2 atom stereocenters. The number of carbonyl (C=O) groups excluding carboxylic acids is 2. The van der Waals surface area contributed by atoms with E-state index in [1.165, 1.54) is 0 Å². The molecule has 0 radical (unpaired) electrons. The van der Waals surface area contributed by atoms with Crippen molar-refractivity contribution in [1.82, 2.24) is 10.3 Å². The zero-order chi connectivity index (χ0) is 23.5. The number of thiophene rings is 1. The summed E-state index contributed by atoms with van der Waals surface area (Å²) in [6.45, 7) is 5.49. The van der Waals surface area contributed by atoms with Crippen LogP contribution in [0.25, 0.3) is 0 Å². The van der Waals surface area contributed by atoms with E-state index in [9.17, 15) is 9.59 Å². The Bertz CT molecular complexity index is 1130. The van der Waals surface area contributed by atoms with Crippen molar-refractivity contribution in [2.75, 3.05) is 36.1 Å². The Hall–Kier alpha value is -3.23. The van der Waals surface area contributed by atoms with E-state index in [1.54, 1.807) is 22.4 Å². The fraction of sp³-hybridized carbons (Fsp3) is 0.346. The molecule has 2 fully saturated rings. The first-order valence-electron chi connectivity index (χ1n) is 11.6. The van der Waals surface area contributed by atoms with E-state index in [-0.39, 0.29) is 24.3 Å². The van der Waals surface area contributed by atoms with Gasteiger partial charge in [0.2, 0.25) is 11.8 Å². The standard InChI is InChI=1S/C26H28N4O3S/c1-18-4-7-20(8-5-18)30-24(31)15-21(25(30)22-3-2-14-34-22)26(32)28-17-19-6-9-23(27-16-19)29-10-12-33-13-11-29/h2-9,14,16,21,25H,10-13,15,17H2,1H3,(H,28,32)/t21-,25+/m1/s1. The van der Waals surface area contributed by atoms with E-state index >= 15 is 0 Å². The molecule has 0 bridgehead atoms. The quantitative estimate of drug-likeness (QED) is 0.587. The molecule has 176 valence electrons. The number of aromatic nitrogens is 1. The number of nitrogens with one attached hydrogen (secondary N) is 1.